The summed E-state index contributed by atoms with van der Waals surface area (Å²) in [6.07, 6.45) is 0. The summed E-state index contributed by atoms with van der Waals surface area (Å²) in [5.41, 5.74) is 6.39. The van der Waals surface area contributed by atoms with Crippen LogP contribution < -0.4 is 15.6 Å². The fourth-order valence-electron chi connectivity index (χ4n) is 3.10. The molecular weight excluding hydrogens is 460 g/mol. The van der Waals surface area contributed by atoms with Crippen LogP contribution in [0.15, 0.2) is 70.3 Å². The standard InChI is InChI=1S/C23H26N4O4S2/c1-3-27(4-2)16-17-11-13-18(14-12-17)22(28)24-25-23(29)19-8-5-6-9-20(19)26-33(30,31)21-10-7-15-32-21/h5-15,26H,3-4,16H2,1-2H3,(H,24,28)(H,25,29). The lowest BCUT2D eigenvalue weighted by Gasteiger charge is -2.18. The number of sulfonamides is 1. The average Bonchev–Trinajstić information content (AvgIpc) is 3.37. The predicted molar refractivity (Wildman–Crippen MR) is 130 cm³/mol. The molecule has 33 heavy (non-hydrogen) atoms. The number of carbonyl (C=O) groups is 2. The Morgan fingerprint density at radius 2 is 1.55 bits per heavy atom. The van der Waals surface area contributed by atoms with E-state index in [1.165, 1.54) is 18.2 Å². The normalized spacial score (nSPS) is 11.2. The van der Waals surface area contributed by atoms with E-state index < -0.39 is 21.8 Å². The van der Waals surface area contributed by atoms with E-state index in [9.17, 15) is 18.0 Å². The molecule has 8 nitrogen and oxygen atoms in total. The molecule has 0 aliphatic carbocycles. The molecule has 0 spiro atoms. The van der Waals surface area contributed by atoms with Gasteiger partial charge in [0.05, 0.1) is 11.3 Å². The van der Waals surface area contributed by atoms with Gasteiger partial charge in [0.2, 0.25) is 0 Å². The number of rotatable bonds is 9. The van der Waals surface area contributed by atoms with Crippen molar-refractivity contribution in [2.75, 3.05) is 17.8 Å². The minimum atomic E-state index is -3.82. The minimum absolute atomic E-state index is 0.0764. The molecule has 3 N–H and O–H groups in total. The highest BCUT2D eigenvalue weighted by molar-refractivity contribution is 7.94. The number of nitrogens with zero attached hydrogens (tertiary/aromatic N) is 1. The van der Waals surface area contributed by atoms with Gasteiger partial charge in [-0.15, -0.1) is 11.3 Å². The van der Waals surface area contributed by atoms with Crippen molar-refractivity contribution in [2.45, 2.75) is 24.6 Å². The van der Waals surface area contributed by atoms with Crippen molar-refractivity contribution in [1.29, 1.82) is 0 Å². The van der Waals surface area contributed by atoms with Gasteiger partial charge in [0.15, 0.2) is 0 Å². The Bertz CT molecular complexity index is 1190. The molecule has 2 aromatic carbocycles. The van der Waals surface area contributed by atoms with Crippen LogP contribution in [0.3, 0.4) is 0 Å². The molecule has 3 aromatic rings. The topological polar surface area (TPSA) is 108 Å². The summed E-state index contributed by atoms with van der Waals surface area (Å²) in [5.74, 6) is -1.12. The Kier molecular flexibility index (Phi) is 8.21. The van der Waals surface area contributed by atoms with E-state index >= 15 is 0 Å². The molecule has 0 saturated carbocycles. The zero-order chi connectivity index (χ0) is 23.8. The van der Waals surface area contributed by atoms with Gasteiger partial charge in [-0.3, -0.25) is 30.1 Å². The first-order chi connectivity index (χ1) is 15.8. The number of hydrogen-bond donors (Lipinski definition) is 3. The summed E-state index contributed by atoms with van der Waals surface area (Å²) < 4.78 is 27.6. The molecule has 174 valence electrons. The van der Waals surface area contributed by atoms with E-state index in [1.807, 2.05) is 12.1 Å². The Morgan fingerprint density at radius 1 is 0.879 bits per heavy atom. The quantitative estimate of drug-likeness (QED) is 0.402. The van der Waals surface area contributed by atoms with Crippen molar-refractivity contribution in [2.24, 2.45) is 0 Å². The van der Waals surface area contributed by atoms with E-state index in [2.05, 4.69) is 34.3 Å². The van der Waals surface area contributed by atoms with Gasteiger partial charge in [0, 0.05) is 12.1 Å². The van der Waals surface area contributed by atoms with Gasteiger partial charge in [-0.05, 0) is 54.4 Å². The van der Waals surface area contributed by atoms with Crippen LogP contribution in [0, 0.1) is 0 Å². The maximum atomic E-state index is 12.7. The van der Waals surface area contributed by atoms with Crippen LogP contribution >= 0.6 is 11.3 Å². The average molecular weight is 487 g/mol. The Labute approximate surface area is 197 Å². The van der Waals surface area contributed by atoms with Gasteiger partial charge >= 0.3 is 0 Å². The lowest BCUT2D eigenvalue weighted by Crippen LogP contribution is -2.41. The van der Waals surface area contributed by atoms with E-state index in [4.69, 9.17) is 0 Å². The molecule has 2 amide bonds. The van der Waals surface area contributed by atoms with Crippen molar-refractivity contribution >= 4 is 38.9 Å². The lowest BCUT2D eigenvalue weighted by atomic mass is 10.1. The maximum Gasteiger partial charge on any atom is 0.271 e. The van der Waals surface area contributed by atoms with Crippen molar-refractivity contribution in [3.05, 3.63) is 82.7 Å². The fourth-order valence-corrected chi connectivity index (χ4v) is 5.17. The smallest absolute Gasteiger partial charge is 0.271 e. The van der Waals surface area contributed by atoms with Crippen molar-refractivity contribution in [1.82, 2.24) is 15.8 Å². The van der Waals surface area contributed by atoms with Crippen LogP contribution in [0.2, 0.25) is 0 Å². The molecule has 0 atom stereocenters. The van der Waals surface area contributed by atoms with E-state index in [0.29, 0.717) is 5.56 Å². The van der Waals surface area contributed by atoms with Crippen LogP contribution in [-0.2, 0) is 16.6 Å². The third kappa shape index (κ3) is 6.41. The summed E-state index contributed by atoms with van der Waals surface area (Å²) in [6, 6.07) is 16.4. The third-order valence-corrected chi connectivity index (χ3v) is 7.75. The highest BCUT2D eigenvalue weighted by atomic mass is 32.2. The van der Waals surface area contributed by atoms with E-state index in [0.717, 1.165) is 36.5 Å². The second kappa shape index (κ2) is 11.1. The number of thiophene rings is 1. The molecule has 0 fully saturated rings. The number of hydrogen-bond acceptors (Lipinski definition) is 6. The molecule has 1 heterocycles. The Hall–Kier alpha value is -3.21. The summed E-state index contributed by atoms with van der Waals surface area (Å²) >= 11 is 1.07. The van der Waals surface area contributed by atoms with Gasteiger partial charge in [-0.1, -0.05) is 44.2 Å². The zero-order valence-corrected chi connectivity index (χ0v) is 20.0. The van der Waals surface area contributed by atoms with Gasteiger partial charge in [-0.2, -0.15) is 0 Å². The molecule has 0 radical (unpaired) electrons. The molecular formula is C23H26N4O4S2. The van der Waals surface area contributed by atoms with Crippen molar-refractivity contribution in [3.8, 4) is 0 Å². The highest BCUT2D eigenvalue weighted by Crippen LogP contribution is 2.22. The monoisotopic (exact) mass is 486 g/mol. The van der Waals surface area contributed by atoms with Gasteiger partial charge < -0.3 is 0 Å². The SMILES string of the molecule is CCN(CC)Cc1ccc(C(=O)NNC(=O)c2ccccc2NS(=O)(=O)c2cccs2)cc1. The van der Waals surface area contributed by atoms with Gasteiger partial charge in [0.25, 0.3) is 21.8 Å². The Balaban J connectivity index is 1.64. The zero-order valence-electron chi connectivity index (χ0n) is 18.4. The van der Waals surface area contributed by atoms with Crippen LogP contribution in [0.5, 0.6) is 0 Å². The summed E-state index contributed by atoms with van der Waals surface area (Å²) in [4.78, 5) is 27.4. The third-order valence-electron chi connectivity index (χ3n) is 4.98. The number of anilines is 1. The molecule has 0 unspecified atom stereocenters. The van der Waals surface area contributed by atoms with Gasteiger partial charge in [-0.25, -0.2) is 8.42 Å². The van der Waals surface area contributed by atoms with Crippen LogP contribution in [0.25, 0.3) is 0 Å². The number of carbonyl (C=O) groups excluding carboxylic acids is 2. The molecule has 0 aliphatic rings. The Morgan fingerprint density at radius 3 is 2.18 bits per heavy atom. The molecule has 1 aromatic heterocycles. The van der Waals surface area contributed by atoms with Gasteiger partial charge in [0.1, 0.15) is 4.21 Å². The number of amides is 2. The summed E-state index contributed by atoms with van der Waals surface area (Å²) in [7, 11) is -3.82. The highest BCUT2D eigenvalue weighted by Gasteiger charge is 2.19. The molecule has 10 heteroatoms. The lowest BCUT2D eigenvalue weighted by molar-refractivity contribution is 0.0847. The maximum absolute atomic E-state index is 12.7. The first-order valence-corrected chi connectivity index (χ1v) is 12.8. The van der Waals surface area contributed by atoms with Crippen LogP contribution in [0.1, 0.15) is 40.1 Å². The summed E-state index contributed by atoms with van der Waals surface area (Å²) in [5, 5.41) is 1.65. The second-order valence-corrected chi connectivity index (χ2v) is 10.0. The van der Waals surface area contributed by atoms with Crippen molar-refractivity contribution < 1.29 is 18.0 Å². The first-order valence-electron chi connectivity index (χ1n) is 10.4. The van der Waals surface area contributed by atoms with E-state index in [-0.39, 0.29) is 15.5 Å². The van der Waals surface area contributed by atoms with Crippen molar-refractivity contribution in [3.63, 3.8) is 0 Å². The fraction of sp³-hybridized carbons (Fsp3) is 0.217. The molecule has 0 aliphatic heterocycles. The largest absolute Gasteiger partial charge is 0.300 e. The van der Waals surface area contributed by atoms with Crippen LogP contribution in [0.4, 0.5) is 5.69 Å². The predicted octanol–water partition coefficient (Wildman–Crippen LogP) is 3.47. The number of benzene rings is 2. The van der Waals surface area contributed by atoms with Crippen LogP contribution in [-0.4, -0.2) is 38.2 Å². The first kappa shape index (κ1) is 24.4. The number of hydrazine groups is 1. The number of nitrogens with one attached hydrogen (secondary N) is 3. The van der Waals surface area contributed by atoms with E-state index in [1.54, 1.807) is 35.7 Å². The number of para-hydroxylation sites is 1. The minimum Gasteiger partial charge on any atom is -0.300 e. The second-order valence-electron chi connectivity index (χ2n) is 7.15. The molecule has 0 saturated heterocycles. The molecule has 0 bridgehead atoms. The summed E-state index contributed by atoms with van der Waals surface area (Å²) in [6.45, 7) is 6.87. The molecule has 3 rings (SSSR count).